The quantitative estimate of drug-likeness (QED) is 0.851. The second-order valence-corrected chi connectivity index (χ2v) is 7.20. The van der Waals surface area contributed by atoms with E-state index in [0.717, 1.165) is 0 Å². The number of rotatable bonds is 3. The van der Waals surface area contributed by atoms with Crippen LogP contribution in [-0.4, -0.2) is 23.5 Å². The molecule has 7 heteroatoms. The highest BCUT2D eigenvalue weighted by atomic mass is 32.2. The Morgan fingerprint density at radius 1 is 1.32 bits per heavy atom. The van der Waals surface area contributed by atoms with Crippen LogP contribution in [0.1, 0.15) is 32.5 Å². The standard InChI is InChI=1S/C12H15N3O3S/c1-12(2,3)11-14-10(15-18-11)8-19(16,17)9-5-4-6-13-7-9/h4-7H,8H2,1-3H3. The van der Waals surface area contributed by atoms with Gasteiger partial charge in [0.25, 0.3) is 0 Å². The molecular weight excluding hydrogens is 266 g/mol. The number of hydrogen-bond acceptors (Lipinski definition) is 6. The van der Waals surface area contributed by atoms with Crippen molar-refractivity contribution in [2.75, 3.05) is 0 Å². The molecule has 6 nitrogen and oxygen atoms in total. The fourth-order valence-electron chi connectivity index (χ4n) is 1.40. The molecule has 0 spiro atoms. The molecule has 0 bridgehead atoms. The van der Waals surface area contributed by atoms with Gasteiger partial charge in [0.15, 0.2) is 15.7 Å². The molecule has 0 aromatic carbocycles. The van der Waals surface area contributed by atoms with Crippen molar-refractivity contribution in [2.45, 2.75) is 36.8 Å². The molecule has 0 saturated carbocycles. The van der Waals surface area contributed by atoms with Gasteiger partial charge in [-0.2, -0.15) is 4.98 Å². The molecule has 0 saturated heterocycles. The van der Waals surface area contributed by atoms with Gasteiger partial charge in [-0.1, -0.05) is 25.9 Å². The van der Waals surface area contributed by atoms with Crippen molar-refractivity contribution in [1.29, 1.82) is 0 Å². The van der Waals surface area contributed by atoms with Crippen LogP contribution in [0.15, 0.2) is 33.9 Å². The molecule has 2 aromatic rings. The molecule has 0 fully saturated rings. The van der Waals surface area contributed by atoms with E-state index in [-0.39, 0.29) is 21.9 Å². The van der Waals surface area contributed by atoms with Crippen LogP contribution >= 0.6 is 0 Å². The Labute approximate surface area is 111 Å². The number of sulfone groups is 1. The summed E-state index contributed by atoms with van der Waals surface area (Å²) >= 11 is 0. The highest BCUT2D eigenvalue weighted by Crippen LogP contribution is 2.21. The van der Waals surface area contributed by atoms with Crippen LogP contribution in [0.3, 0.4) is 0 Å². The summed E-state index contributed by atoms with van der Waals surface area (Å²) in [5.41, 5.74) is -0.302. The summed E-state index contributed by atoms with van der Waals surface area (Å²) in [7, 11) is -3.49. The highest BCUT2D eigenvalue weighted by Gasteiger charge is 2.24. The lowest BCUT2D eigenvalue weighted by atomic mass is 9.97. The van der Waals surface area contributed by atoms with Gasteiger partial charge in [-0.05, 0) is 12.1 Å². The van der Waals surface area contributed by atoms with E-state index in [9.17, 15) is 8.42 Å². The molecule has 0 unspecified atom stereocenters. The molecule has 2 aromatic heterocycles. The molecule has 0 aliphatic rings. The third kappa shape index (κ3) is 3.17. The van der Waals surface area contributed by atoms with E-state index >= 15 is 0 Å². The van der Waals surface area contributed by atoms with Gasteiger partial charge in [0.2, 0.25) is 5.89 Å². The smallest absolute Gasteiger partial charge is 0.232 e. The van der Waals surface area contributed by atoms with Crippen LogP contribution < -0.4 is 0 Å². The molecule has 2 rings (SSSR count). The minimum absolute atomic E-state index is 0.150. The van der Waals surface area contributed by atoms with E-state index in [1.54, 1.807) is 6.07 Å². The molecule has 0 amide bonds. The second kappa shape index (κ2) is 4.73. The van der Waals surface area contributed by atoms with Crippen molar-refractivity contribution < 1.29 is 12.9 Å². The summed E-state index contributed by atoms with van der Waals surface area (Å²) in [5.74, 6) is 0.288. The molecule has 0 atom stereocenters. The van der Waals surface area contributed by atoms with Gasteiger partial charge >= 0.3 is 0 Å². The average Bonchev–Trinajstić information content (AvgIpc) is 2.78. The molecule has 19 heavy (non-hydrogen) atoms. The van der Waals surface area contributed by atoms with Crippen LogP contribution in [-0.2, 0) is 21.0 Å². The van der Waals surface area contributed by atoms with Crippen molar-refractivity contribution in [3.8, 4) is 0 Å². The Kier molecular flexibility index (Phi) is 3.40. The van der Waals surface area contributed by atoms with Crippen LogP contribution in [0.25, 0.3) is 0 Å². The Bertz CT molecular complexity index is 657. The Balaban J connectivity index is 2.25. The Hall–Kier alpha value is -1.76. The van der Waals surface area contributed by atoms with Crippen molar-refractivity contribution in [3.05, 3.63) is 36.2 Å². The Morgan fingerprint density at radius 2 is 2.05 bits per heavy atom. The highest BCUT2D eigenvalue weighted by molar-refractivity contribution is 7.90. The maximum atomic E-state index is 12.1. The number of aromatic nitrogens is 3. The minimum Gasteiger partial charge on any atom is -0.339 e. The largest absolute Gasteiger partial charge is 0.339 e. The molecular formula is C12H15N3O3S. The van der Waals surface area contributed by atoms with Crippen molar-refractivity contribution in [3.63, 3.8) is 0 Å². The first-order chi connectivity index (χ1) is 8.79. The van der Waals surface area contributed by atoms with Crippen LogP contribution in [0.2, 0.25) is 0 Å². The SMILES string of the molecule is CC(C)(C)c1nc(CS(=O)(=O)c2cccnc2)no1. The molecule has 0 N–H and O–H groups in total. The van der Waals surface area contributed by atoms with E-state index in [0.29, 0.717) is 5.89 Å². The molecule has 0 radical (unpaired) electrons. The topological polar surface area (TPSA) is 86.0 Å². The van der Waals surface area contributed by atoms with Crippen molar-refractivity contribution >= 4 is 9.84 Å². The minimum atomic E-state index is -3.49. The first kappa shape index (κ1) is 13.7. The van der Waals surface area contributed by atoms with Crippen molar-refractivity contribution in [1.82, 2.24) is 15.1 Å². The monoisotopic (exact) mass is 281 g/mol. The van der Waals surface area contributed by atoms with Crippen molar-refractivity contribution in [2.24, 2.45) is 0 Å². The van der Waals surface area contributed by atoms with Gasteiger partial charge in [0, 0.05) is 17.8 Å². The van der Waals surface area contributed by atoms with Crippen LogP contribution in [0.4, 0.5) is 0 Å². The summed E-state index contributed by atoms with van der Waals surface area (Å²) in [6, 6.07) is 3.07. The average molecular weight is 281 g/mol. The number of pyridine rings is 1. The van der Waals surface area contributed by atoms with Gasteiger partial charge in [-0.3, -0.25) is 4.98 Å². The summed E-state index contributed by atoms with van der Waals surface area (Å²) < 4.78 is 29.3. The zero-order valence-corrected chi connectivity index (χ0v) is 11.8. The van der Waals surface area contributed by atoms with Crippen LogP contribution in [0, 0.1) is 0 Å². The number of hydrogen-bond donors (Lipinski definition) is 0. The van der Waals surface area contributed by atoms with Gasteiger partial charge < -0.3 is 4.52 Å². The summed E-state index contributed by atoms with van der Waals surface area (Å²) in [5, 5.41) is 3.71. The van der Waals surface area contributed by atoms with Crippen LogP contribution in [0.5, 0.6) is 0 Å². The van der Waals surface area contributed by atoms with Gasteiger partial charge in [-0.15, -0.1) is 0 Å². The summed E-state index contributed by atoms with van der Waals surface area (Å²) in [6.07, 6.45) is 2.82. The number of nitrogens with zero attached hydrogens (tertiary/aromatic N) is 3. The van der Waals surface area contributed by atoms with Gasteiger partial charge in [-0.25, -0.2) is 8.42 Å². The molecule has 2 heterocycles. The summed E-state index contributed by atoms with van der Waals surface area (Å²) in [4.78, 5) is 8.06. The third-order valence-electron chi connectivity index (χ3n) is 2.42. The van der Waals surface area contributed by atoms with Gasteiger partial charge in [0.1, 0.15) is 5.75 Å². The van der Waals surface area contributed by atoms with E-state index in [2.05, 4.69) is 15.1 Å². The molecule has 0 aliphatic carbocycles. The lowest BCUT2D eigenvalue weighted by Crippen LogP contribution is -2.12. The fraction of sp³-hybridized carbons (Fsp3) is 0.417. The predicted octanol–water partition coefficient (Wildman–Crippen LogP) is 1.74. The molecule has 0 aliphatic heterocycles. The second-order valence-electron chi connectivity index (χ2n) is 5.21. The Morgan fingerprint density at radius 3 is 2.58 bits per heavy atom. The predicted molar refractivity (Wildman–Crippen MR) is 68.1 cm³/mol. The zero-order chi connectivity index (χ0) is 14.1. The van der Waals surface area contributed by atoms with E-state index in [1.807, 2.05) is 20.8 Å². The first-order valence-corrected chi connectivity index (χ1v) is 7.40. The maximum absolute atomic E-state index is 12.1. The van der Waals surface area contributed by atoms with E-state index in [1.165, 1.54) is 18.5 Å². The third-order valence-corrected chi connectivity index (χ3v) is 4.02. The first-order valence-electron chi connectivity index (χ1n) is 5.75. The zero-order valence-electron chi connectivity index (χ0n) is 11.0. The van der Waals surface area contributed by atoms with Gasteiger partial charge in [0.05, 0.1) is 4.90 Å². The van der Waals surface area contributed by atoms with E-state index in [4.69, 9.17) is 4.52 Å². The maximum Gasteiger partial charge on any atom is 0.232 e. The summed E-state index contributed by atoms with van der Waals surface area (Å²) in [6.45, 7) is 5.75. The fourth-order valence-corrected chi connectivity index (χ4v) is 2.53. The molecule has 102 valence electrons. The normalized spacial score (nSPS) is 12.6. The lowest BCUT2D eigenvalue weighted by molar-refractivity contribution is 0.319. The lowest BCUT2D eigenvalue weighted by Gasteiger charge is -2.10. The van der Waals surface area contributed by atoms with E-state index < -0.39 is 9.84 Å².